The van der Waals surface area contributed by atoms with E-state index < -0.39 is 12.0 Å². The van der Waals surface area contributed by atoms with Gasteiger partial charge in [-0.3, -0.25) is 19.8 Å². The first-order valence-corrected chi connectivity index (χ1v) is 12.8. The minimum atomic E-state index is -0.867. The monoisotopic (exact) mass is 529 g/mol. The van der Waals surface area contributed by atoms with Gasteiger partial charge < -0.3 is 26.8 Å². The summed E-state index contributed by atoms with van der Waals surface area (Å²) in [5.41, 5.74) is 9.84. The number of carboxylic acid groups (broad SMARTS) is 1. The fraction of sp³-hybridized carbons (Fsp3) is 0.267. The summed E-state index contributed by atoms with van der Waals surface area (Å²) < 4.78 is 0. The van der Waals surface area contributed by atoms with E-state index in [1.807, 2.05) is 42.5 Å². The zero-order valence-corrected chi connectivity index (χ0v) is 21.8. The van der Waals surface area contributed by atoms with E-state index >= 15 is 0 Å². The van der Waals surface area contributed by atoms with E-state index in [9.17, 15) is 14.4 Å². The Balaban J connectivity index is 1.49. The van der Waals surface area contributed by atoms with E-state index in [0.29, 0.717) is 37.9 Å². The maximum Gasteiger partial charge on any atom is 0.307 e. The van der Waals surface area contributed by atoms with Gasteiger partial charge in [-0.15, -0.1) is 0 Å². The fourth-order valence-corrected chi connectivity index (χ4v) is 4.03. The van der Waals surface area contributed by atoms with E-state index in [-0.39, 0.29) is 30.6 Å². The molecular weight excluding hydrogens is 494 g/mol. The lowest BCUT2D eigenvalue weighted by molar-refractivity contribution is -0.136. The number of hydrogen-bond acceptors (Lipinski definition) is 5. The minimum absolute atomic E-state index is 0.0139. The van der Waals surface area contributed by atoms with Crippen LogP contribution in [0.15, 0.2) is 78.9 Å². The van der Waals surface area contributed by atoms with Gasteiger partial charge in [0.1, 0.15) is 5.84 Å². The summed E-state index contributed by atoms with van der Waals surface area (Å²) in [5.74, 6) is -1.43. The third-order valence-electron chi connectivity index (χ3n) is 6.24. The molecule has 0 fully saturated rings. The lowest BCUT2D eigenvalue weighted by Gasteiger charge is -2.19. The van der Waals surface area contributed by atoms with Crippen LogP contribution < -0.4 is 21.7 Å². The average Bonchev–Trinajstić information content (AvgIpc) is 2.93. The number of carbonyl (C=O) groups excluding carboxylic acids is 2. The Morgan fingerprint density at radius 3 is 2.05 bits per heavy atom. The normalized spacial score (nSPS) is 11.4. The zero-order chi connectivity index (χ0) is 28.0. The number of amidine groups is 1. The van der Waals surface area contributed by atoms with Crippen LogP contribution in [0.4, 0.5) is 0 Å². The molecule has 2 amide bonds. The van der Waals surface area contributed by atoms with Gasteiger partial charge in [-0.2, -0.15) is 0 Å². The van der Waals surface area contributed by atoms with Gasteiger partial charge in [-0.05, 0) is 48.1 Å². The average molecular weight is 530 g/mol. The van der Waals surface area contributed by atoms with Gasteiger partial charge in [0, 0.05) is 12.1 Å². The van der Waals surface area contributed by atoms with E-state index in [0.717, 1.165) is 22.3 Å². The highest BCUT2D eigenvalue weighted by molar-refractivity contribution is 5.94. The van der Waals surface area contributed by atoms with E-state index in [1.165, 1.54) is 0 Å². The molecule has 9 nitrogen and oxygen atoms in total. The molecule has 204 valence electrons. The van der Waals surface area contributed by atoms with E-state index in [1.54, 1.807) is 36.4 Å². The molecule has 3 aromatic rings. The molecule has 7 N–H and O–H groups in total. The Morgan fingerprint density at radius 1 is 0.795 bits per heavy atom. The Bertz CT molecular complexity index is 1240. The number of benzene rings is 3. The standard InChI is InChI=1S/C30H35N5O4/c31-29(32)25-13-10-24(11-14-25)19-34-27(36)20-35-30(39)26(15-12-21-4-2-1-3-5-21)33-17-16-22-6-8-23(9-7-22)18-28(37)38/h1-11,13-14,26,33H,12,15-20H2,(H3,31,32)(H,34,36)(H,35,39)(H,37,38)/t26-/m1/s1. The predicted molar refractivity (Wildman–Crippen MR) is 150 cm³/mol. The molecule has 3 rings (SSSR count). The number of rotatable bonds is 15. The molecule has 0 bridgehead atoms. The van der Waals surface area contributed by atoms with Crippen molar-refractivity contribution in [1.82, 2.24) is 16.0 Å². The predicted octanol–water partition coefficient (Wildman–Crippen LogP) is 2.16. The summed E-state index contributed by atoms with van der Waals surface area (Å²) in [6.07, 6.45) is 1.93. The van der Waals surface area contributed by atoms with Crippen LogP contribution in [0.25, 0.3) is 0 Å². The Morgan fingerprint density at radius 2 is 1.41 bits per heavy atom. The Labute approximate surface area is 228 Å². The first-order chi connectivity index (χ1) is 18.8. The molecule has 0 aliphatic rings. The number of aliphatic carboxylic acids is 1. The van der Waals surface area contributed by atoms with E-state index in [4.69, 9.17) is 16.2 Å². The molecule has 1 atom stereocenters. The third kappa shape index (κ3) is 10.4. The number of hydrogen-bond donors (Lipinski definition) is 6. The van der Waals surface area contributed by atoms with Gasteiger partial charge in [-0.25, -0.2) is 0 Å². The molecule has 0 unspecified atom stereocenters. The van der Waals surface area contributed by atoms with Crippen LogP contribution in [0, 0.1) is 5.41 Å². The number of nitrogen functional groups attached to an aromatic ring is 1. The van der Waals surface area contributed by atoms with Crippen LogP contribution in [0.3, 0.4) is 0 Å². The quantitative estimate of drug-likeness (QED) is 0.131. The fourth-order valence-electron chi connectivity index (χ4n) is 4.03. The molecule has 0 spiro atoms. The van der Waals surface area contributed by atoms with Crippen molar-refractivity contribution in [3.8, 4) is 0 Å². The number of aryl methyl sites for hydroxylation is 1. The smallest absolute Gasteiger partial charge is 0.307 e. The lowest BCUT2D eigenvalue weighted by Crippen LogP contribution is -2.47. The van der Waals surface area contributed by atoms with Crippen molar-refractivity contribution in [3.63, 3.8) is 0 Å². The topological polar surface area (TPSA) is 157 Å². The van der Waals surface area contributed by atoms with Crippen molar-refractivity contribution in [2.75, 3.05) is 13.1 Å². The first kappa shape index (κ1) is 29.1. The van der Waals surface area contributed by atoms with Gasteiger partial charge in [0.15, 0.2) is 0 Å². The van der Waals surface area contributed by atoms with Crippen LogP contribution >= 0.6 is 0 Å². The minimum Gasteiger partial charge on any atom is -0.481 e. The summed E-state index contributed by atoms with van der Waals surface area (Å²) in [5, 5.41) is 25.2. The summed E-state index contributed by atoms with van der Waals surface area (Å²) in [6, 6.07) is 23.9. The van der Waals surface area contributed by atoms with Gasteiger partial charge in [0.25, 0.3) is 0 Å². The highest BCUT2D eigenvalue weighted by atomic mass is 16.4. The molecular formula is C30H35N5O4. The maximum absolute atomic E-state index is 13.0. The lowest BCUT2D eigenvalue weighted by atomic mass is 10.0. The number of amides is 2. The molecule has 0 radical (unpaired) electrons. The van der Waals surface area contributed by atoms with Crippen molar-refractivity contribution in [1.29, 1.82) is 5.41 Å². The van der Waals surface area contributed by atoms with Crippen LogP contribution in [-0.2, 0) is 40.2 Å². The van der Waals surface area contributed by atoms with Crippen LogP contribution in [0.1, 0.15) is 34.2 Å². The molecule has 0 aliphatic heterocycles. The van der Waals surface area contributed by atoms with Gasteiger partial charge in [0.05, 0.1) is 19.0 Å². The second kappa shape index (κ2) is 15.0. The summed E-state index contributed by atoms with van der Waals surface area (Å²) in [6.45, 7) is 0.709. The molecule has 0 saturated heterocycles. The van der Waals surface area contributed by atoms with Crippen molar-refractivity contribution in [2.24, 2.45) is 5.73 Å². The molecule has 0 aliphatic carbocycles. The first-order valence-electron chi connectivity index (χ1n) is 12.8. The number of nitrogens with two attached hydrogens (primary N) is 1. The molecule has 39 heavy (non-hydrogen) atoms. The number of carboxylic acids is 1. The molecule has 0 saturated carbocycles. The molecule has 3 aromatic carbocycles. The Kier molecular flexibility index (Phi) is 11.2. The molecule has 0 aromatic heterocycles. The summed E-state index contributed by atoms with van der Waals surface area (Å²) >= 11 is 0. The van der Waals surface area contributed by atoms with Gasteiger partial charge >= 0.3 is 5.97 Å². The number of nitrogens with one attached hydrogen (secondary N) is 4. The Hall–Kier alpha value is -4.50. The number of carbonyl (C=O) groups is 3. The van der Waals surface area contributed by atoms with Gasteiger partial charge in [-0.1, -0.05) is 78.9 Å². The van der Waals surface area contributed by atoms with Crippen molar-refractivity contribution >= 4 is 23.6 Å². The maximum atomic E-state index is 13.0. The van der Waals surface area contributed by atoms with E-state index in [2.05, 4.69) is 16.0 Å². The highest BCUT2D eigenvalue weighted by Gasteiger charge is 2.18. The summed E-state index contributed by atoms with van der Waals surface area (Å²) in [4.78, 5) is 36.2. The molecule has 9 heteroatoms. The van der Waals surface area contributed by atoms with Crippen molar-refractivity contribution in [2.45, 2.75) is 38.3 Å². The van der Waals surface area contributed by atoms with Crippen molar-refractivity contribution < 1.29 is 19.5 Å². The van der Waals surface area contributed by atoms with Gasteiger partial charge in [0.2, 0.25) is 11.8 Å². The second-order valence-electron chi connectivity index (χ2n) is 9.27. The summed E-state index contributed by atoms with van der Waals surface area (Å²) in [7, 11) is 0. The third-order valence-corrected chi connectivity index (χ3v) is 6.24. The van der Waals surface area contributed by atoms with Crippen LogP contribution in [-0.4, -0.2) is 47.9 Å². The van der Waals surface area contributed by atoms with Crippen LogP contribution in [0.5, 0.6) is 0 Å². The highest BCUT2D eigenvalue weighted by Crippen LogP contribution is 2.08. The zero-order valence-electron chi connectivity index (χ0n) is 21.8. The molecule has 0 heterocycles. The van der Waals surface area contributed by atoms with Crippen LogP contribution in [0.2, 0.25) is 0 Å². The SMILES string of the molecule is N=C(N)c1ccc(CNC(=O)CNC(=O)[C@@H](CCc2ccccc2)NCCc2ccc(CC(=O)O)cc2)cc1. The second-order valence-corrected chi connectivity index (χ2v) is 9.27. The largest absolute Gasteiger partial charge is 0.481 e. The van der Waals surface area contributed by atoms with Crippen molar-refractivity contribution in [3.05, 3.63) is 107 Å².